The zero-order valence-electron chi connectivity index (χ0n) is 16.8. The molecule has 0 aliphatic carbocycles. The summed E-state index contributed by atoms with van der Waals surface area (Å²) in [5, 5.41) is 0. The molecule has 2 heterocycles. The third-order valence-corrected chi connectivity index (χ3v) is 5.48. The molecule has 0 bridgehead atoms. The zero-order valence-corrected chi connectivity index (χ0v) is 16.8. The van der Waals surface area contributed by atoms with Gasteiger partial charge in [-0.15, -0.1) is 0 Å². The van der Waals surface area contributed by atoms with Gasteiger partial charge in [0.25, 0.3) is 5.91 Å². The van der Waals surface area contributed by atoms with Gasteiger partial charge in [0.2, 0.25) is 5.91 Å². The second-order valence-corrected chi connectivity index (χ2v) is 7.79. The monoisotopic (exact) mass is 379 g/mol. The lowest BCUT2D eigenvalue weighted by Crippen LogP contribution is -2.38. The smallest absolute Gasteiger partial charge is 0.255 e. The van der Waals surface area contributed by atoms with E-state index in [1.807, 2.05) is 11.0 Å². The second kappa shape index (κ2) is 9.49. The highest BCUT2D eigenvalue weighted by Gasteiger charge is 2.23. The summed E-state index contributed by atoms with van der Waals surface area (Å²) >= 11 is 0. The molecule has 5 heteroatoms. The van der Waals surface area contributed by atoms with Gasteiger partial charge in [0.15, 0.2) is 0 Å². The van der Waals surface area contributed by atoms with Gasteiger partial charge < -0.3 is 9.80 Å². The van der Waals surface area contributed by atoms with Crippen molar-refractivity contribution in [2.24, 2.45) is 5.92 Å². The van der Waals surface area contributed by atoms with E-state index in [9.17, 15) is 9.59 Å². The summed E-state index contributed by atoms with van der Waals surface area (Å²) < 4.78 is 0. The average Bonchev–Trinajstić information content (AvgIpc) is 2.73. The maximum Gasteiger partial charge on any atom is 0.255 e. The molecule has 3 rings (SSSR count). The van der Waals surface area contributed by atoms with Crippen molar-refractivity contribution in [2.45, 2.75) is 32.1 Å². The van der Waals surface area contributed by atoms with Crippen LogP contribution >= 0.6 is 0 Å². The van der Waals surface area contributed by atoms with Crippen LogP contribution in [0.15, 0.2) is 48.8 Å². The van der Waals surface area contributed by atoms with Gasteiger partial charge in [-0.3, -0.25) is 14.6 Å². The fourth-order valence-corrected chi connectivity index (χ4v) is 3.66. The van der Waals surface area contributed by atoms with Gasteiger partial charge in [0.05, 0.1) is 5.56 Å². The van der Waals surface area contributed by atoms with Crippen molar-refractivity contribution in [3.63, 3.8) is 0 Å². The van der Waals surface area contributed by atoms with Crippen LogP contribution in [0.25, 0.3) is 0 Å². The predicted octanol–water partition coefficient (Wildman–Crippen LogP) is 3.20. The summed E-state index contributed by atoms with van der Waals surface area (Å²) in [5.74, 6) is 0.860. The van der Waals surface area contributed by atoms with Gasteiger partial charge in [-0.1, -0.05) is 24.3 Å². The number of likely N-dealkylation sites (tertiary alicyclic amines) is 1. The number of nitrogens with zero attached hydrogens (tertiary/aromatic N) is 3. The summed E-state index contributed by atoms with van der Waals surface area (Å²) in [6.07, 6.45) is 7.78. The maximum absolute atomic E-state index is 12.5. The van der Waals surface area contributed by atoms with Gasteiger partial charge in [-0.25, -0.2) is 0 Å². The maximum atomic E-state index is 12.5. The molecule has 2 amide bonds. The third kappa shape index (κ3) is 5.41. The van der Waals surface area contributed by atoms with E-state index < -0.39 is 0 Å². The fourth-order valence-electron chi connectivity index (χ4n) is 3.66. The third-order valence-electron chi connectivity index (χ3n) is 5.48. The standard InChI is InChI=1S/C23H29N3O2/c1-25(2)22(27)10-9-18-5-7-19(8-6-18)16-20-11-14-26(15-12-20)23(28)21-4-3-13-24-17-21/h3-8,13,17,20H,9-12,14-16H2,1-2H3. The minimum atomic E-state index is 0.0863. The number of hydrogen-bond donors (Lipinski definition) is 0. The Hall–Kier alpha value is -2.69. The zero-order chi connectivity index (χ0) is 19.9. The first-order chi connectivity index (χ1) is 13.5. The van der Waals surface area contributed by atoms with E-state index >= 15 is 0 Å². The quantitative estimate of drug-likeness (QED) is 0.774. The highest BCUT2D eigenvalue weighted by molar-refractivity contribution is 5.93. The van der Waals surface area contributed by atoms with E-state index in [-0.39, 0.29) is 11.8 Å². The van der Waals surface area contributed by atoms with Crippen molar-refractivity contribution in [1.29, 1.82) is 0 Å². The molecule has 148 valence electrons. The number of carbonyl (C=O) groups excluding carboxylic acids is 2. The number of piperidine rings is 1. The summed E-state index contributed by atoms with van der Waals surface area (Å²) in [4.78, 5) is 31.8. The van der Waals surface area contributed by atoms with Crippen LogP contribution in [-0.4, -0.2) is 53.8 Å². The Bertz CT molecular complexity index is 779. The molecule has 0 saturated carbocycles. The number of hydrogen-bond acceptors (Lipinski definition) is 3. The van der Waals surface area contributed by atoms with Gasteiger partial charge in [-0.05, 0) is 54.9 Å². The number of rotatable bonds is 6. The molecule has 1 saturated heterocycles. The lowest BCUT2D eigenvalue weighted by atomic mass is 9.89. The molecular formula is C23H29N3O2. The first-order valence-electron chi connectivity index (χ1n) is 10.00. The summed E-state index contributed by atoms with van der Waals surface area (Å²) in [6.45, 7) is 1.62. The molecule has 1 aliphatic heterocycles. The number of benzene rings is 1. The van der Waals surface area contributed by atoms with Gasteiger partial charge in [0, 0.05) is 46.0 Å². The Morgan fingerprint density at radius 1 is 1.07 bits per heavy atom. The van der Waals surface area contributed by atoms with Crippen LogP contribution in [0.5, 0.6) is 0 Å². The average molecular weight is 380 g/mol. The van der Waals surface area contributed by atoms with Crippen LogP contribution in [0.1, 0.15) is 40.7 Å². The first-order valence-corrected chi connectivity index (χ1v) is 10.00. The molecule has 5 nitrogen and oxygen atoms in total. The topological polar surface area (TPSA) is 53.5 Å². The van der Waals surface area contributed by atoms with E-state index in [1.165, 1.54) is 11.1 Å². The highest BCUT2D eigenvalue weighted by atomic mass is 16.2. The SMILES string of the molecule is CN(C)C(=O)CCc1ccc(CC2CCN(C(=O)c3cccnc3)CC2)cc1. The van der Waals surface area contributed by atoms with Crippen molar-refractivity contribution < 1.29 is 9.59 Å². The second-order valence-electron chi connectivity index (χ2n) is 7.79. The molecule has 0 unspecified atom stereocenters. The number of aryl methyl sites for hydroxylation is 1. The van der Waals surface area contributed by atoms with Crippen LogP contribution in [-0.2, 0) is 17.6 Å². The lowest BCUT2D eigenvalue weighted by molar-refractivity contribution is -0.128. The van der Waals surface area contributed by atoms with Crippen molar-refractivity contribution in [2.75, 3.05) is 27.2 Å². The molecule has 0 atom stereocenters. The Morgan fingerprint density at radius 3 is 2.36 bits per heavy atom. The highest BCUT2D eigenvalue weighted by Crippen LogP contribution is 2.23. The molecule has 0 N–H and O–H groups in total. The Balaban J connectivity index is 1.45. The summed E-state index contributed by atoms with van der Waals surface area (Å²) in [6, 6.07) is 12.3. The number of aromatic nitrogens is 1. The van der Waals surface area contributed by atoms with Gasteiger partial charge in [0.1, 0.15) is 0 Å². The first kappa shape index (κ1) is 20.1. The molecule has 2 aromatic rings. The number of carbonyl (C=O) groups is 2. The molecule has 0 spiro atoms. The Morgan fingerprint density at radius 2 is 1.75 bits per heavy atom. The number of pyridine rings is 1. The molecule has 1 aromatic heterocycles. The molecule has 1 fully saturated rings. The number of amides is 2. The van der Waals surface area contributed by atoms with Crippen molar-refractivity contribution in [1.82, 2.24) is 14.8 Å². The van der Waals surface area contributed by atoms with Crippen molar-refractivity contribution >= 4 is 11.8 Å². The summed E-state index contributed by atoms with van der Waals surface area (Å²) in [5.41, 5.74) is 3.21. The van der Waals surface area contributed by atoms with E-state index in [0.717, 1.165) is 38.8 Å². The fraction of sp³-hybridized carbons (Fsp3) is 0.435. The minimum Gasteiger partial charge on any atom is -0.349 e. The van der Waals surface area contributed by atoms with E-state index in [1.54, 1.807) is 37.5 Å². The van der Waals surface area contributed by atoms with Crippen LogP contribution in [0.2, 0.25) is 0 Å². The molecule has 0 radical (unpaired) electrons. The molecule has 28 heavy (non-hydrogen) atoms. The largest absolute Gasteiger partial charge is 0.349 e. The van der Waals surface area contributed by atoms with Crippen LogP contribution in [0, 0.1) is 5.92 Å². The Kier molecular flexibility index (Phi) is 6.80. The normalized spacial score (nSPS) is 14.7. The van der Waals surface area contributed by atoms with Crippen LogP contribution in [0.3, 0.4) is 0 Å². The minimum absolute atomic E-state index is 0.0863. The van der Waals surface area contributed by atoms with Gasteiger partial charge in [-0.2, -0.15) is 0 Å². The lowest BCUT2D eigenvalue weighted by Gasteiger charge is -2.32. The van der Waals surface area contributed by atoms with Crippen molar-refractivity contribution in [3.05, 3.63) is 65.5 Å². The van der Waals surface area contributed by atoms with E-state index in [4.69, 9.17) is 0 Å². The molecular weight excluding hydrogens is 350 g/mol. The van der Waals surface area contributed by atoms with E-state index in [2.05, 4.69) is 29.2 Å². The van der Waals surface area contributed by atoms with Gasteiger partial charge >= 0.3 is 0 Å². The van der Waals surface area contributed by atoms with E-state index in [0.29, 0.717) is 17.9 Å². The predicted molar refractivity (Wildman–Crippen MR) is 110 cm³/mol. The Labute approximate surface area is 167 Å². The van der Waals surface area contributed by atoms with Crippen LogP contribution in [0.4, 0.5) is 0 Å². The summed E-state index contributed by atoms with van der Waals surface area (Å²) in [7, 11) is 3.59. The molecule has 1 aromatic carbocycles. The van der Waals surface area contributed by atoms with Crippen LogP contribution < -0.4 is 0 Å². The molecule has 1 aliphatic rings. The van der Waals surface area contributed by atoms with Crippen molar-refractivity contribution in [3.8, 4) is 0 Å².